The monoisotopic (exact) mass is 428 g/mol. The van der Waals surface area contributed by atoms with E-state index in [0.29, 0.717) is 0 Å². The van der Waals surface area contributed by atoms with Crippen LogP contribution in [0.4, 0.5) is 5.95 Å². The molecule has 0 atom stereocenters. The van der Waals surface area contributed by atoms with E-state index in [4.69, 9.17) is 14.7 Å². The molecule has 1 aromatic heterocycles. The average molecular weight is 429 g/mol. The molecule has 3 heterocycles. The first-order valence-corrected chi connectivity index (χ1v) is 11.9. The van der Waals surface area contributed by atoms with Gasteiger partial charge in [0.15, 0.2) is 0 Å². The molecular weight excluding hydrogens is 396 g/mol. The lowest BCUT2D eigenvalue weighted by Crippen LogP contribution is -2.33. The second-order valence-electron chi connectivity index (χ2n) is 8.87. The van der Waals surface area contributed by atoms with Crippen molar-refractivity contribution in [3.05, 3.63) is 71.4 Å². The predicted molar refractivity (Wildman–Crippen MR) is 129 cm³/mol. The van der Waals surface area contributed by atoms with Crippen LogP contribution in [0, 0.1) is 0 Å². The summed E-state index contributed by atoms with van der Waals surface area (Å²) >= 11 is 0. The van der Waals surface area contributed by atoms with Gasteiger partial charge in [0.05, 0.1) is 18.5 Å². The van der Waals surface area contributed by atoms with Crippen LogP contribution in [0.2, 0.25) is 0 Å². The zero-order valence-corrected chi connectivity index (χ0v) is 19.0. The summed E-state index contributed by atoms with van der Waals surface area (Å²) in [4.78, 5) is 15.2. The molecule has 0 spiro atoms. The van der Waals surface area contributed by atoms with Crippen molar-refractivity contribution in [2.24, 2.45) is 0 Å². The van der Waals surface area contributed by atoms with E-state index in [1.165, 1.54) is 42.5 Å². The summed E-state index contributed by atoms with van der Waals surface area (Å²) < 4.78 is 5.37. The van der Waals surface area contributed by atoms with E-state index in [9.17, 15) is 0 Å². The highest BCUT2D eigenvalue weighted by Gasteiger charge is 2.25. The van der Waals surface area contributed by atoms with Crippen LogP contribution in [0.15, 0.2) is 54.6 Å². The summed E-state index contributed by atoms with van der Waals surface area (Å²) in [6.07, 6.45) is 6.02. The molecule has 0 unspecified atom stereocenters. The van der Waals surface area contributed by atoms with Gasteiger partial charge in [-0.2, -0.15) is 0 Å². The number of rotatable bonds is 5. The zero-order chi connectivity index (χ0) is 21.8. The van der Waals surface area contributed by atoms with Gasteiger partial charge in [-0.15, -0.1) is 0 Å². The second kappa shape index (κ2) is 9.70. The number of hydrogen-bond donors (Lipinski definition) is 0. The maximum atomic E-state index is 5.37. The van der Waals surface area contributed by atoms with Gasteiger partial charge < -0.3 is 9.64 Å². The SMILES string of the molecule is COc1ccc(-c2nc(N3CCCCCC3)nc3c2CCN(Cc2ccccc2)C3)cc1. The van der Waals surface area contributed by atoms with Crippen LogP contribution in [-0.4, -0.2) is 41.6 Å². The Morgan fingerprint density at radius 1 is 0.844 bits per heavy atom. The topological polar surface area (TPSA) is 41.5 Å². The second-order valence-corrected chi connectivity index (χ2v) is 8.87. The van der Waals surface area contributed by atoms with Crippen molar-refractivity contribution in [2.45, 2.75) is 45.2 Å². The molecule has 0 N–H and O–H groups in total. The normalized spacial score (nSPS) is 17.0. The van der Waals surface area contributed by atoms with E-state index in [-0.39, 0.29) is 0 Å². The van der Waals surface area contributed by atoms with Crippen LogP contribution in [-0.2, 0) is 19.5 Å². The van der Waals surface area contributed by atoms with E-state index in [1.807, 2.05) is 12.1 Å². The van der Waals surface area contributed by atoms with Crippen molar-refractivity contribution in [1.29, 1.82) is 0 Å². The largest absolute Gasteiger partial charge is 0.497 e. The summed E-state index contributed by atoms with van der Waals surface area (Å²) in [6.45, 7) is 4.96. The molecule has 1 fully saturated rings. The Hall–Kier alpha value is -2.92. The van der Waals surface area contributed by atoms with Crippen LogP contribution in [0.3, 0.4) is 0 Å². The van der Waals surface area contributed by atoms with Crippen LogP contribution in [0.1, 0.15) is 42.5 Å². The third kappa shape index (κ3) is 4.63. The molecule has 3 aromatic rings. The van der Waals surface area contributed by atoms with Gasteiger partial charge in [0, 0.05) is 43.9 Å². The molecule has 32 heavy (non-hydrogen) atoms. The average Bonchev–Trinajstić information content (AvgIpc) is 3.14. The van der Waals surface area contributed by atoms with Gasteiger partial charge in [-0.05, 0) is 49.1 Å². The first kappa shape index (κ1) is 21.0. The maximum absolute atomic E-state index is 5.37. The molecule has 5 nitrogen and oxygen atoms in total. The molecule has 2 aromatic carbocycles. The number of benzene rings is 2. The summed E-state index contributed by atoms with van der Waals surface area (Å²) in [5.74, 6) is 1.77. The molecule has 166 valence electrons. The van der Waals surface area contributed by atoms with E-state index in [2.05, 4.69) is 52.3 Å². The predicted octanol–water partition coefficient (Wildman–Crippen LogP) is 5.09. The van der Waals surface area contributed by atoms with Crippen molar-refractivity contribution in [2.75, 3.05) is 31.6 Å². The molecule has 0 saturated carbocycles. The Bertz CT molecular complexity index is 1030. The van der Waals surface area contributed by atoms with Crippen molar-refractivity contribution >= 4 is 5.95 Å². The molecular formula is C27H32N4O. The van der Waals surface area contributed by atoms with Crippen LogP contribution < -0.4 is 9.64 Å². The summed E-state index contributed by atoms with van der Waals surface area (Å²) in [7, 11) is 1.71. The van der Waals surface area contributed by atoms with Gasteiger partial charge in [0.2, 0.25) is 5.95 Å². The molecule has 1 saturated heterocycles. The lowest BCUT2D eigenvalue weighted by atomic mass is 9.98. The number of hydrogen-bond acceptors (Lipinski definition) is 5. The van der Waals surface area contributed by atoms with Crippen LogP contribution in [0.25, 0.3) is 11.3 Å². The summed E-state index contributed by atoms with van der Waals surface area (Å²) in [5.41, 5.74) is 6.09. The number of methoxy groups -OCH3 is 1. The number of nitrogens with zero attached hydrogens (tertiary/aromatic N) is 4. The Balaban J connectivity index is 1.50. The van der Waals surface area contributed by atoms with Gasteiger partial charge in [-0.1, -0.05) is 43.2 Å². The zero-order valence-electron chi connectivity index (χ0n) is 19.0. The fourth-order valence-corrected chi connectivity index (χ4v) is 4.85. The number of ether oxygens (including phenoxy) is 1. The Morgan fingerprint density at radius 2 is 1.59 bits per heavy atom. The van der Waals surface area contributed by atoms with E-state index < -0.39 is 0 Å². The molecule has 0 bridgehead atoms. The van der Waals surface area contributed by atoms with Gasteiger partial charge >= 0.3 is 0 Å². The fourth-order valence-electron chi connectivity index (χ4n) is 4.85. The number of anilines is 1. The lowest BCUT2D eigenvalue weighted by Gasteiger charge is -2.31. The minimum Gasteiger partial charge on any atom is -0.497 e. The highest BCUT2D eigenvalue weighted by molar-refractivity contribution is 5.66. The standard InChI is InChI=1S/C27H32N4O/c1-32-23-13-11-22(12-14-23)26-24-15-18-30(19-21-9-5-4-6-10-21)20-25(24)28-27(29-26)31-16-7-2-3-8-17-31/h4-6,9-14H,2-3,7-8,15-20H2,1H3. The maximum Gasteiger partial charge on any atom is 0.226 e. The number of fused-ring (bicyclic) bond motifs is 1. The lowest BCUT2D eigenvalue weighted by molar-refractivity contribution is 0.241. The van der Waals surface area contributed by atoms with Gasteiger partial charge in [-0.25, -0.2) is 9.97 Å². The minimum atomic E-state index is 0.872. The van der Waals surface area contributed by atoms with Gasteiger partial charge in [-0.3, -0.25) is 4.90 Å². The smallest absolute Gasteiger partial charge is 0.226 e. The first-order chi connectivity index (χ1) is 15.8. The molecule has 5 heteroatoms. The molecule has 5 rings (SSSR count). The Labute approximate surface area is 191 Å². The molecule has 0 aliphatic carbocycles. The van der Waals surface area contributed by atoms with E-state index in [0.717, 1.165) is 62.1 Å². The van der Waals surface area contributed by atoms with Crippen LogP contribution >= 0.6 is 0 Å². The quantitative estimate of drug-likeness (QED) is 0.566. The van der Waals surface area contributed by atoms with Crippen LogP contribution in [0.5, 0.6) is 5.75 Å². The third-order valence-electron chi connectivity index (χ3n) is 6.63. The Kier molecular flexibility index (Phi) is 6.35. The first-order valence-electron chi connectivity index (χ1n) is 11.9. The third-order valence-corrected chi connectivity index (χ3v) is 6.63. The van der Waals surface area contributed by atoms with Crippen molar-refractivity contribution in [3.63, 3.8) is 0 Å². The highest BCUT2D eigenvalue weighted by atomic mass is 16.5. The highest BCUT2D eigenvalue weighted by Crippen LogP contribution is 2.32. The summed E-state index contributed by atoms with van der Waals surface area (Å²) in [6, 6.07) is 19.1. The van der Waals surface area contributed by atoms with E-state index >= 15 is 0 Å². The minimum absolute atomic E-state index is 0.872. The van der Waals surface area contributed by atoms with Crippen molar-refractivity contribution in [3.8, 4) is 17.0 Å². The summed E-state index contributed by atoms with van der Waals surface area (Å²) in [5, 5.41) is 0. The number of aromatic nitrogens is 2. The van der Waals surface area contributed by atoms with Crippen molar-refractivity contribution < 1.29 is 4.74 Å². The fraction of sp³-hybridized carbons (Fsp3) is 0.407. The molecule has 0 amide bonds. The van der Waals surface area contributed by atoms with E-state index in [1.54, 1.807) is 7.11 Å². The van der Waals surface area contributed by atoms with Gasteiger partial charge in [0.25, 0.3) is 0 Å². The Morgan fingerprint density at radius 3 is 2.31 bits per heavy atom. The molecule has 0 radical (unpaired) electrons. The molecule has 2 aliphatic rings. The van der Waals surface area contributed by atoms with Gasteiger partial charge in [0.1, 0.15) is 5.75 Å². The van der Waals surface area contributed by atoms with Crippen molar-refractivity contribution in [1.82, 2.24) is 14.9 Å². The molecule has 2 aliphatic heterocycles.